The zero-order valence-electron chi connectivity index (χ0n) is 11.0. The van der Waals surface area contributed by atoms with Crippen molar-refractivity contribution in [1.82, 2.24) is 10.3 Å². The van der Waals surface area contributed by atoms with Gasteiger partial charge in [-0.2, -0.15) is 8.78 Å². The van der Waals surface area contributed by atoms with Gasteiger partial charge in [0.15, 0.2) is 11.5 Å². The number of halogens is 2. The summed E-state index contributed by atoms with van der Waals surface area (Å²) < 4.78 is 34.2. The summed E-state index contributed by atoms with van der Waals surface area (Å²) in [4.78, 5) is 4.42. The minimum Gasteiger partial charge on any atom is -0.493 e. The van der Waals surface area contributed by atoms with Crippen LogP contribution in [0, 0.1) is 0 Å². The average Bonchev–Trinajstić information content (AvgIpc) is 2.87. The van der Waals surface area contributed by atoms with E-state index in [1.54, 1.807) is 12.1 Å². The Morgan fingerprint density at radius 1 is 1.35 bits per heavy atom. The quantitative estimate of drug-likeness (QED) is 0.890. The van der Waals surface area contributed by atoms with Crippen LogP contribution in [0.1, 0.15) is 5.69 Å². The van der Waals surface area contributed by atoms with Crippen molar-refractivity contribution in [3.05, 3.63) is 29.3 Å². The Labute approximate surface area is 119 Å². The van der Waals surface area contributed by atoms with Crippen LogP contribution in [0.2, 0.25) is 0 Å². The van der Waals surface area contributed by atoms with Gasteiger partial charge in [-0.15, -0.1) is 11.3 Å². The number of hydrogen-bond acceptors (Lipinski definition) is 5. The Morgan fingerprint density at radius 2 is 2.15 bits per heavy atom. The van der Waals surface area contributed by atoms with Crippen LogP contribution in [-0.2, 0) is 6.54 Å². The van der Waals surface area contributed by atoms with E-state index in [0.29, 0.717) is 12.1 Å². The molecule has 2 rings (SSSR count). The molecular weight excluding hydrogens is 286 g/mol. The molecule has 0 fully saturated rings. The molecule has 4 nitrogen and oxygen atoms in total. The van der Waals surface area contributed by atoms with Crippen molar-refractivity contribution in [2.75, 3.05) is 14.2 Å². The highest BCUT2D eigenvalue weighted by Gasteiger charge is 2.13. The molecular formula is C13H14F2N2O2S. The van der Waals surface area contributed by atoms with Crippen LogP contribution in [0.3, 0.4) is 0 Å². The normalized spacial score (nSPS) is 10.8. The number of thiazole rings is 1. The lowest BCUT2D eigenvalue weighted by Gasteiger charge is -2.10. The molecule has 0 aliphatic heterocycles. The van der Waals surface area contributed by atoms with Crippen molar-refractivity contribution in [2.24, 2.45) is 0 Å². The van der Waals surface area contributed by atoms with Crippen LogP contribution in [-0.4, -0.2) is 25.8 Å². The van der Waals surface area contributed by atoms with Gasteiger partial charge < -0.3 is 14.8 Å². The van der Waals surface area contributed by atoms with E-state index in [2.05, 4.69) is 15.0 Å². The predicted molar refractivity (Wildman–Crippen MR) is 73.5 cm³/mol. The molecule has 0 saturated heterocycles. The summed E-state index contributed by atoms with van der Waals surface area (Å²) in [5.74, 6) is 0.270. The van der Waals surface area contributed by atoms with Crippen molar-refractivity contribution in [3.8, 4) is 22.1 Å². The summed E-state index contributed by atoms with van der Waals surface area (Å²) in [5, 5.41) is 5.67. The lowest BCUT2D eigenvalue weighted by molar-refractivity contribution is -0.0511. The molecule has 1 aromatic heterocycles. The number of rotatable bonds is 6. The summed E-state index contributed by atoms with van der Waals surface area (Å²) in [7, 11) is 3.24. The summed E-state index contributed by atoms with van der Waals surface area (Å²) in [6.07, 6.45) is 0. The van der Waals surface area contributed by atoms with E-state index < -0.39 is 6.61 Å². The van der Waals surface area contributed by atoms with E-state index in [4.69, 9.17) is 4.74 Å². The molecule has 1 N–H and O–H groups in total. The maximum absolute atomic E-state index is 12.4. The molecule has 1 aromatic carbocycles. The molecule has 0 radical (unpaired) electrons. The Balaban J connectivity index is 2.31. The smallest absolute Gasteiger partial charge is 0.387 e. The third kappa shape index (κ3) is 3.43. The number of ether oxygens (including phenoxy) is 2. The van der Waals surface area contributed by atoms with Gasteiger partial charge in [0.05, 0.1) is 12.8 Å². The first kappa shape index (κ1) is 14.7. The van der Waals surface area contributed by atoms with E-state index in [1.807, 2.05) is 12.4 Å². The van der Waals surface area contributed by atoms with Gasteiger partial charge in [-0.05, 0) is 25.2 Å². The van der Waals surface area contributed by atoms with Gasteiger partial charge in [-0.3, -0.25) is 0 Å². The summed E-state index contributed by atoms with van der Waals surface area (Å²) >= 11 is 1.45. The number of nitrogens with one attached hydrogen (secondary N) is 1. The molecule has 2 aromatic rings. The molecule has 20 heavy (non-hydrogen) atoms. The Morgan fingerprint density at radius 3 is 2.80 bits per heavy atom. The molecule has 0 bridgehead atoms. The van der Waals surface area contributed by atoms with Crippen molar-refractivity contribution in [1.29, 1.82) is 0 Å². The number of alkyl halides is 2. The summed E-state index contributed by atoms with van der Waals surface area (Å²) in [6.45, 7) is -2.23. The second kappa shape index (κ2) is 6.62. The van der Waals surface area contributed by atoms with E-state index in [1.165, 1.54) is 24.5 Å². The zero-order valence-corrected chi connectivity index (χ0v) is 11.8. The Hall–Kier alpha value is -1.73. The Kier molecular flexibility index (Phi) is 4.86. The number of aromatic nitrogens is 1. The van der Waals surface area contributed by atoms with Crippen LogP contribution in [0.4, 0.5) is 8.78 Å². The third-order valence-electron chi connectivity index (χ3n) is 2.54. The van der Waals surface area contributed by atoms with Gasteiger partial charge in [0.1, 0.15) is 5.01 Å². The van der Waals surface area contributed by atoms with Crippen molar-refractivity contribution in [2.45, 2.75) is 13.2 Å². The fourth-order valence-electron chi connectivity index (χ4n) is 1.70. The van der Waals surface area contributed by atoms with Crippen LogP contribution >= 0.6 is 11.3 Å². The number of methoxy groups -OCH3 is 1. The van der Waals surface area contributed by atoms with E-state index in [9.17, 15) is 8.78 Å². The maximum atomic E-state index is 12.4. The first-order valence-electron chi connectivity index (χ1n) is 5.86. The molecule has 0 atom stereocenters. The minimum absolute atomic E-state index is 0.00497. The van der Waals surface area contributed by atoms with Crippen LogP contribution in [0.25, 0.3) is 10.6 Å². The Bertz CT molecular complexity index is 575. The molecule has 0 spiro atoms. The van der Waals surface area contributed by atoms with Gasteiger partial charge >= 0.3 is 6.61 Å². The number of hydrogen-bond donors (Lipinski definition) is 1. The fraction of sp³-hybridized carbons (Fsp3) is 0.308. The molecule has 0 aliphatic carbocycles. The minimum atomic E-state index is -2.89. The van der Waals surface area contributed by atoms with Crippen molar-refractivity contribution in [3.63, 3.8) is 0 Å². The molecule has 0 unspecified atom stereocenters. The predicted octanol–water partition coefficient (Wildman–Crippen LogP) is 3.14. The van der Waals surface area contributed by atoms with Gasteiger partial charge in [0.25, 0.3) is 0 Å². The number of benzene rings is 1. The molecule has 0 amide bonds. The van der Waals surface area contributed by atoms with Crippen LogP contribution in [0.5, 0.6) is 11.5 Å². The second-order valence-corrected chi connectivity index (χ2v) is 4.78. The van der Waals surface area contributed by atoms with Crippen LogP contribution in [0.15, 0.2) is 23.6 Å². The SMILES string of the molecule is CNCc1csc(-c2ccc(OC)c(OC(F)F)c2)n1. The fourth-order valence-corrected chi connectivity index (χ4v) is 2.52. The van der Waals surface area contributed by atoms with Gasteiger partial charge in [-0.25, -0.2) is 4.98 Å². The van der Waals surface area contributed by atoms with E-state index in [0.717, 1.165) is 10.7 Å². The first-order chi connectivity index (χ1) is 9.63. The third-order valence-corrected chi connectivity index (χ3v) is 3.48. The highest BCUT2D eigenvalue weighted by atomic mass is 32.1. The monoisotopic (exact) mass is 300 g/mol. The maximum Gasteiger partial charge on any atom is 0.387 e. The molecule has 0 aliphatic rings. The van der Waals surface area contributed by atoms with Gasteiger partial charge in [-0.1, -0.05) is 0 Å². The highest BCUT2D eigenvalue weighted by Crippen LogP contribution is 2.34. The lowest BCUT2D eigenvalue weighted by atomic mass is 10.2. The molecule has 0 saturated carbocycles. The van der Waals surface area contributed by atoms with Crippen LogP contribution < -0.4 is 14.8 Å². The summed E-state index contributed by atoms with van der Waals surface area (Å²) in [6, 6.07) is 4.86. The average molecular weight is 300 g/mol. The molecule has 7 heteroatoms. The summed E-state index contributed by atoms with van der Waals surface area (Å²) in [5.41, 5.74) is 1.62. The van der Waals surface area contributed by atoms with Crippen molar-refractivity contribution >= 4 is 11.3 Å². The first-order valence-corrected chi connectivity index (χ1v) is 6.74. The largest absolute Gasteiger partial charge is 0.493 e. The van der Waals surface area contributed by atoms with Gasteiger partial charge in [0, 0.05) is 17.5 Å². The molecule has 108 valence electrons. The topological polar surface area (TPSA) is 43.4 Å². The lowest BCUT2D eigenvalue weighted by Crippen LogP contribution is -2.05. The zero-order chi connectivity index (χ0) is 14.5. The van der Waals surface area contributed by atoms with Crippen molar-refractivity contribution < 1.29 is 18.3 Å². The standard InChI is InChI=1S/C13H14F2N2O2S/c1-16-6-9-7-20-12(17-9)8-3-4-10(18-2)11(5-8)19-13(14)15/h3-5,7,13,16H,6H2,1-2H3. The van der Waals surface area contributed by atoms with E-state index in [-0.39, 0.29) is 11.5 Å². The molecule has 1 heterocycles. The highest BCUT2D eigenvalue weighted by molar-refractivity contribution is 7.13. The van der Waals surface area contributed by atoms with E-state index >= 15 is 0 Å². The number of nitrogens with zero attached hydrogens (tertiary/aromatic N) is 1. The second-order valence-electron chi connectivity index (χ2n) is 3.92. The van der Waals surface area contributed by atoms with Gasteiger partial charge in [0.2, 0.25) is 0 Å².